The van der Waals surface area contributed by atoms with Gasteiger partial charge in [-0.05, 0) is 36.0 Å². The normalized spacial score (nSPS) is 14.1. The SMILES string of the molecule is CC(C)C(CN[C@@H](C)c1ccccc1Cl)c1ccccc1. The van der Waals surface area contributed by atoms with Gasteiger partial charge in [-0.3, -0.25) is 0 Å². The zero-order valence-corrected chi connectivity index (χ0v) is 13.8. The Morgan fingerprint density at radius 1 is 0.905 bits per heavy atom. The minimum atomic E-state index is 0.253. The third kappa shape index (κ3) is 4.33. The van der Waals surface area contributed by atoms with Crippen LogP contribution >= 0.6 is 11.6 Å². The van der Waals surface area contributed by atoms with E-state index in [0.717, 1.165) is 17.1 Å². The molecule has 2 rings (SSSR count). The van der Waals surface area contributed by atoms with Crippen molar-refractivity contribution >= 4 is 11.6 Å². The smallest absolute Gasteiger partial charge is 0.0453 e. The maximum absolute atomic E-state index is 6.27. The first kappa shape index (κ1) is 16.1. The molecule has 0 spiro atoms. The molecule has 1 nitrogen and oxygen atoms in total. The van der Waals surface area contributed by atoms with Gasteiger partial charge in [0.05, 0.1) is 0 Å². The lowest BCUT2D eigenvalue weighted by molar-refractivity contribution is 0.436. The van der Waals surface area contributed by atoms with Gasteiger partial charge < -0.3 is 5.32 Å². The Bertz CT molecular complexity index is 551. The number of nitrogens with one attached hydrogen (secondary N) is 1. The highest BCUT2D eigenvalue weighted by molar-refractivity contribution is 6.31. The summed E-state index contributed by atoms with van der Waals surface area (Å²) in [5.74, 6) is 1.11. The van der Waals surface area contributed by atoms with E-state index in [4.69, 9.17) is 11.6 Å². The summed E-state index contributed by atoms with van der Waals surface area (Å²) >= 11 is 6.27. The van der Waals surface area contributed by atoms with Gasteiger partial charge in [0.1, 0.15) is 0 Å². The minimum Gasteiger partial charge on any atom is -0.310 e. The number of hydrogen-bond acceptors (Lipinski definition) is 1. The average molecular weight is 302 g/mol. The highest BCUT2D eigenvalue weighted by Gasteiger charge is 2.17. The predicted molar refractivity (Wildman–Crippen MR) is 91.9 cm³/mol. The van der Waals surface area contributed by atoms with Gasteiger partial charge in [0.15, 0.2) is 0 Å². The monoisotopic (exact) mass is 301 g/mol. The summed E-state index contributed by atoms with van der Waals surface area (Å²) in [6.45, 7) is 7.68. The number of rotatable bonds is 6. The molecule has 112 valence electrons. The molecule has 2 aromatic carbocycles. The second-order valence-corrected chi connectivity index (χ2v) is 6.32. The van der Waals surface area contributed by atoms with Gasteiger partial charge in [0.25, 0.3) is 0 Å². The molecular weight excluding hydrogens is 278 g/mol. The molecule has 0 aliphatic heterocycles. The van der Waals surface area contributed by atoms with Crippen LogP contribution in [0.5, 0.6) is 0 Å². The molecule has 0 aromatic heterocycles. The van der Waals surface area contributed by atoms with E-state index in [1.165, 1.54) is 5.56 Å². The second kappa shape index (κ2) is 7.63. The summed E-state index contributed by atoms with van der Waals surface area (Å²) in [7, 11) is 0. The first-order chi connectivity index (χ1) is 10.1. The van der Waals surface area contributed by atoms with Crippen molar-refractivity contribution in [3.8, 4) is 0 Å². The van der Waals surface area contributed by atoms with Gasteiger partial charge in [-0.2, -0.15) is 0 Å². The highest BCUT2D eigenvalue weighted by atomic mass is 35.5. The van der Waals surface area contributed by atoms with E-state index in [1.807, 2.05) is 18.2 Å². The maximum Gasteiger partial charge on any atom is 0.0453 e. The second-order valence-electron chi connectivity index (χ2n) is 5.91. The molecule has 0 aliphatic carbocycles. The van der Waals surface area contributed by atoms with Crippen molar-refractivity contribution in [1.29, 1.82) is 0 Å². The molecule has 0 radical (unpaired) electrons. The molecule has 0 saturated carbocycles. The summed E-state index contributed by atoms with van der Waals surface area (Å²) in [4.78, 5) is 0. The molecule has 0 amide bonds. The molecule has 0 bridgehead atoms. The molecule has 0 heterocycles. The minimum absolute atomic E-state index is 0.253. The van der Waals surface area contributed by atoms with Gasteiger partial charge in [-0.1, -0.05) is 74.0 Å². The summed E-state index contributed by atoms with van der Waals surface area (Å²) in [6.07, 6.45) is 0. The third-order valence-electron chi connectivity index (χ3n) is 4.05. The van der Waals surface area contributed by atoms with Gasteiger partial charge >= 0.3 is 0 Å². The quantitative estimate of drug-likeness (QED) is 0.750. The third-order valence-corrected chi connectivity index (χ3v) is 4.39. The van der Waals surface area contributed by atoms with Crippen molar-refractivity contribution in [2.75, 3.05) is 6.54 Å². The van der Waals surface area contributed by atoms with Crippen molar-refractivity contribution in [3.63, 3.8) is 0 Å². The van der Waals surface area contributed by atoms with Crippen molar-refractivity contribution in [3.05, 3.63) is 70.7 Å². The van der Waals surface area contributed by atoms with Gasteiger partial charge in [0.2, 0.25) is 0 Å². The fourth-order valence-corrected chi connectivity index (χ4v) is 2.98. The van der Waals surface area contributed by atoms with Crippen LogP contribution in [-0.2, 0) is 0 Å². The molecule has 2 heteroatoms. The number of benzene rings is 2. The summed E-state index contributed by atoms with van der Waals surface area (Å²) in [5, 5.41) is 4.47. The fourth-order valence-electron chi connectivity index (χ4n) is 2.68. The van der Waals surface area contributed by atoms with E-state index in [2.05, 4.69) is 62.5 Å². The molecule has 2 aromatic rings. The first-order valence-electron chi connectivity index (χ1n) is 7.62. The molecule has 2 atom stereocenters. The Morgan fingerprint density at radius 3 is 2.14 bits per heavy atom. The number of halogens is 1. The van der Waals surface area contributed by atoms with Crippen molar-refractivity contribution in [2.45, 2.75) is 32.7 Å². The van der Waals surface area contributed by atoms with E-state index >= 15 is 0 Å². The van der Waals surface area contributed by atoms with E-state index < -0.39 is 0 Å². The summed E-state index contributed by atoms with van der Waals surface area (Å²) in [5.41, 5.74) is 2.56. The van der Waals surface area contributed by atoms with Crippen LogP contribution in [0, 0.1) is 5.92 Å². The topological polar surface area (TPSA) is 12.0 Å². The molecular formula is C19H24ClN. The zero-order valence-electron chi connectivity index (χ0n) is 13.0. The maximum atomic E-state index is 6.27. The van der Waals surface area contributed by atoms with E-state index in [0.29, 0.717) is 11.8 Å². The first-order valence-corrected chi connectivity index (χ1v) is 8.00. The lowest BCUT2D eigenvalue weighted by Gasteiger charge is -2.25. The largest absolute Gasteiger partial charge is 0.310 e. The van der Waals surface area contributed by atoms with Gasteiger partial charge in [0, 0.05) is 17.6 Å². The Morgan fingerprint density at radius 2 is 1.52 bits per heavy atom. The number of hydrogen-bond donors (Lipinski definition) is 1. The van der Waals surface area contributed by atoms with Crippen LogP contribution in [0.15, 0.2) is 54.6 Å². The van der Waals surface area contributed by atoms with E-state index in [1.54, 1.807) is 0 Å². The van der Waals surface area contributed by atoms with Crippen LogP contribution in [-0.4, -0.2) is 6.54 Å². The standard InChI is InChI=1S/C19H24ClN/c1-14(2)18(16-9-5-4-6-10-16)13-21-15(3)17-11-7-8-12-19(17)20/h4-12,14-15,18,21H,13H2,1-3H3/t15-,18?/m0/s1. The van der Waals surface area contributed by atoms with Crippen LogP contribution in [0.3, 0.4) is 0 Å². The Hall–Kier alpha value is -1.31. The van der Waals surface area contributed by atoms with Crippen LogP contribution in [0.4, 0.5) is 0 Å². The Labute approximate surface area is 133 Å². The van der Waals surface area contributed by atoms with Crippen molar-refractivity contribution < 1.29 is 0 Å². The van der Waals surface area contributed by atoms with E-state index in [9.17, 15) is 0 Å². The lowest BCUT2D eigenvalue weighted by atomic mass is 9.88. The Balaban J connectivity index is 2.04. The van der Waals surface area contributed by atoms with Crippen molar-refractivity contribution in [2.24, 2.45) is 5.92 Å². The molecule has 0 fully saturated rings. The lowest BCUT2D eigenvalue weighted by Crippen LogP contribution is -2.27. The van der Waals surface area contributed by atoms with Crippen LogP contribution in [0.25, 0.3) is 0 Å². The average Bonchev–Trinajstić information content (AvgIpc) is 2.48. The molecule has 1 N–H and O–H groups in total. The van der Waals surface area contributed by atoms with Gasteiger partial charge in [-0.25, -0.2) is 0 Å². The molecule has 0 aliphatic rings. The van der Waals surface area contributed by atoms with E-state index in [-0.39, 0.29) is 6.04 Å². The molecule has 0 saturated heterocycles. The highest BCUT2D eigenvalue weighted by Crippen LogP contribution is 2.26. The van der Waals surface area contributed by atoms with Crippen LogP contribution < -0.4 is 5.32 Å². The zero-order chi connectivity index (χ0) is 15.2. The van der Waals surface area contributed by atoms with Crippen LogP contribution in [0.1, 0.15) is 43.9 Å². The molecule has 1 unspecified atom stereocenters. The predicted octanol–water partition coefficient (Wildman–Crippen LogP) is 5.43. The summed E-state index contributed by atoms with van der Waals surface area (Å²) in [6, 6.07) is 19.0. The van der Waals surface area contributed by atoms with Crippen molar-refractivity contribution in [1.82, 2.24) is 5.32 Å². The fraction of sp³-hybridized carbons (Fsp3) is 0.368. The van der Waals surface area contributed by atoms with Crippen LogP contribution in [0.2, 0.25) is 5.02 Å². The summed E-state index contributed by atoms with van der Waals surface area (Å²) < 4.78 is 0. The molecule has 21 heavy (non-hydrogen) atoms. The van der Waals surface area contributed by atoms with Gasteiger partial charge in [-0.15, -0.1) is 0 Å². The Kier molecular flexibility index (Phi) is 5.84.